The fraction of sp³-hybridized carbons (Fsp3) is 0.828. The molecule has 0 aromatic rings. The lowest BCUT2D eigenvalue weighted by atomic mass is 9.34. The molecule has 7 rings (SSSR count). The number of allylic oxidation sites excluding steroid dienone is 2. The molecule has 3 aliphatic carbocycles. The minimum absolute atomic E-state index is 0.00668. The van der Waals surface area contributed by atoms with Crippen LogP contribution in [0.2, 0.25) is 0 Å². The summed E-state index contributed by atoms with van der Waals surface area (Å²) in [5.41, 5.74) is -1.80. The number of hydrogen-bond acceptors (Lipinski definition) is 7. The van der Waals surface area contributed by atoms with Crippen LogP contribution in [0.5, 0.6) is 0 Å². The Morgan fingerprint density at radius 3 is 2.67 bits per heavy atom. The van der Waals surface area contributed by atoms with Crippen molar-refractivity contribution in [3.05, 3.63) is 11.6 Å². The SMILES string of the molecule is CC1=CC(=O)C2CC(=O)C3C(C)(CC45OC(=O)CC3(C)C4(C)CCC34CC(CO)CC(CN35)O4)C2C1. The quantitative estimate of drug-likeness (QED) is 0.555. The Hall–Kier alpha value is -1.57. The maximum atomic E-state index is 14.0. The largest absolute Gasteiger partial charge is 0.443 e. The van der Waals surface area contributed by atoms with Crippen molar-refractivity contribution in [2.75, 3.05) is 13.2 Å². The van der Waals surface area contributed by atoms with E-state index >= 15 is 0 Å². The Bertz CT molecular complexity index is 1120. The van der Waals surface area contributed by atoms with Crippen molar-refractivity contribution in [2.24, 2.45) is 39.9 Å². The molecule has 7 aliphatic rings. The van der Waals surface area contributed by atoms with Crippen molar-refractivity contribution in [1.29, 1.82) is 0 Å². The third-order valence-electron chi connectivity index (χ3n) is 12.4. The Balaban J connectivity index is 1.43. The molecule has 10 unspecified atom stereocenters. The van der Waals surface area contributed by atoms with Gasteiger partial charge in [-0.15, -0.1) is 0 Å². The zero-order chi connectivity index (χ0) is 25.5. The maximum Gasteiger partial charge on any atom is 0.308 e. The van der Waals surface area contributed by atoms with Gasteiger partial charge in [0, 0.05) is 43.2 Å². The molecule has 4 heterocycles. The van der Waals surface area contributed by atoms with E-state index in [1.165, 1.54) is 0 Å². The molecule has 6 fully saturated rings. The van der Waals surface area contributed by atoms with E-state index in [-0.39, 0.29) is 66.8 Å². The molecule has 4 bridgehead atoms. The second kappa shape index (κ2) is 6.89. The van der Waals surface area contributed by atoms with Crippen LogP contribution in [0.25, 0.3) is 0 Å². The third kappa shape index (κ3) is 2.49. The molecule has 196 valence electrons. The molecule has 4 saturated heterocycles. The van der Waals surface area contributed by atoms with Crippen molar-refractivity contribution in [2.45, 2.75) is 96.6 Å². The minimum atomic E-state index is -0.889. The van der Waals surface area contributed by atoms with Crippen LogP contribution in [0.3, 0.4) is 0 Å². The van der Waals surface area contributed by atoms with Crippen LogP contribution < -0.4 is 0 Å². The topological polar surface area (TPSA) is 93.1 Å². The number of aliphatic hydroxyl groups is 1. The van der Waals surface area contributed by atoms with Gasteiger partial charge in [-0.1, -0.05) is 26.3 Å². The van der Waals surface area contributed by atoms with Gasteiger partial charge in [0.2, 0.25) is 0 Å². The standard InChI is InChI=1S/C29H39NO6/c1-16-7-20-19(21(32)8-16)10-22(33)24-25(20,2)15-29-27(4,26(24,3)12-23(34)36-29)5-6-28-11-17(14-31)9-18(35-28)13-30(28)29/h8,17-20,24,31H,5-7,9-15H2,1-4H3. The number of rotatable bonds is 1. The Morgan fingerprint density at radius 2 is 1.92 bits per heavy atom. The summed E-state index contributed by atoms with van der Waals surface area (Å²) in [5.74, 6) is -0.311. The monoisotopic (exact) mass is 497 g/mol. The lowest BCUT2D eigenvalue weighted by Gasteiger charge is -2.76. The molecular formula is C29H39NO6. The number of esters is 1. The first-order valence-corrected chi connectivity index (χ1v) is 13.9. The zero-order valence-electron chi connectivity index (χ0n) is 22.0. The molecule has 7 heteroatoms. The van der Waals surface area contributed by atoms with E-state index < -0.39 is 27.7 Å². The van der Waals surface area contributed by atoms with Crippen molar-refractivity contribution >= 4 is 17.5 Å². The van der Waals surface area contributed by atoms with Crippen molar-refractivity contribution in [3.8, 4) is 0 Å². The molecule has 36 heavy (non-hydrogen) atoms. The van der Waals surface area contributed by atoms with E-state index in [4.69, 9.17) is 9.47 Å². The van der Waals surface area contributed by atoms with E-state index in [0.717, 1.165) is 37.7 Å². The van der Waals surface area contributed by atoms with Crippen LogP contribution in [-0.2, 0) is 23.9 Å². The minimum Gasteiger partial charge on any atom is -0.443 e. The molecule has 2 saturated carbocycles. The number of carbonyl (C=O) groups excluding carboxylic acids is 3. The summed E-state index contributed by atoms with van der Waals surface area (Å²) in [5, 5.41) is 10.1. The summed E-state index contributed by atoms with van der Waals surface area (Å²) in [6, 6.07) is 0. The van der Waals surface area contributed by atoms with E-state index in [0.29, 0.717) is 13.0 Å². The normalized spacial score (nSPS) is 55.6. The molecule has 1 spiro atoms. The van der Waals surface area contributed by atoms with Crippen molar-refractivity contribution < 1.29 is 29.0 Å². The van der Waals surface area contributed by atoms with Gasteiger partial charge in [0.15, 0.2) is 11.5 Å². The number of piperidine rings is 1. The smallest absolute Gasteiger partial charge is 0.308 e. The van der Waals surface area contributed by atoms with Crippen LogP contribution in [0, 0.1) is 39.9 Å². The average Bonchev–Trinajstić information content (AvgIpc) is 3.06. The number of nitrogens with zero attached hydrogens (tertiary/aromatic N) is 1. The van der Waals surface area contributed by atoms with Crippen LogP contribution in [-0.4, -0.2) is 58.2 Å². The summed E-state index contributed by atoms with van der Waals surface area (Å²) in [6.07, 6.45) is 6.81. The zero-order valence-corrected chi connectivity index (χ0v) is 22.0. The second-order valence-corrected chi connectivity index (χ2v) is 14.1. The van der Waals surface area contributed by atoms with E-state index in [1.54, 1.807) is 6.08 Å². The Morgan fingerprint density at radius 1 is 1.14 bits per heavy atom. The number of Topliss-reactive ketones (excluding diaryl/α,β-unsaturated/α-hetero) is 1. The molecule has 10 atom stereocenters. The molecule has 1 N–H and O–H groups in total. The van der Waals surface area contributed by atoms with Crippen LogP contribution >= 0.6 is 0 Å². The van der Waals surface area contributed by atoms with Gasteiger partial charge in [0.25, 0.3) is 0 Å². The number of ether oxygens (including phenoxy) is 2. The molecule has 0 radical (unpaired) electrons. The lowest BCUT2D eigenvalue weighted by molar-refractivity contribution is -0.379. The van der Waals surface area contributed by atoms with Gasteiger partial charge in [-0.3, -0.25) is 14.4 Å². The van der Waals surface area contributed by atoms with Gasteiger partial charge in [-0.25, -0.2) is 4.90 Å². The highest BCUT2D eigenvalue weighted by Gasteiger charge is 2.82. The van der Waals surface area contributed by atoms with Gasteiger partial charge >= 0.3 is 5.97 Å². The van der Waals surface area contributed by atoms with Crippen molar-refractivity contribution in [3.63, 3.8) is 0 Å². The molecular weight excluding hydrogens is 458 g/mol. The molecule has 0 amide bonds. The summed E-state index contributed by atoms with van der Waals surface area (Å²) >= 11 is 0. The Labute approximate surface area is 212 Å². The first-order valence-electron chi connectivity index (χ1n) is 13.9. The predicted molar refractivity (Wildman–Crippen MR) is 129 cm³/mol. The van der Waals surface area contributed by atoms with E-state index in [2.05, 4.69) is 25.7 Å². The highest BCUT2D eigenvalue weighted by Crippen LogP contribution is 2.77. The Kier molecular flexibility index (Phi) is 4.51. The molecule has 7 nitrogen and oxygen atoms in total. The predicted octanol–water partition coefficient (Wildman–Crippen LogP) is 3.39. The van der Waals surface area contributed by atoms with E-state index in [1.807, 2.05) is 6.92 Å². The first kappa shape index (κ1) is 23.5. The number of fused-ring (bicyclic) bond motifs is 5. The van der Waals surface area contributed by atoms with Gasteiger partial charge in [0.05, 0.1) is 12.5 Å². The second-order valence-electron chi connectivity index (χ2n) is 14.1. The number of hydrogen-bond donors (Lipinski definition) is 1. The summed E-state index contributed by atoms with van der Waals surface area (Å²) in [7, 11) is 0. The van der Waals surface area contributed by atoms with Gasteiger partial charge in [-0.05, 0) is 67.8 Å². The molecule has 0 aromatic heterocycles. The fourth-order valence-electron chi connectivity index (χ4n) is 11.0. The number of carbonyl (C=O) groups is 3. The number of ketones is 2. The van der Waals surface area contributed by atoms with E-state index in [9.17, 15) is 19.5 Å². The van der Waals surface area contributed by atoms with Crippen molar-refractivity contribution in [1.82, 2.24) is 4.90 Å². The fourth-order valence-corrected chi connectivity index (χ4v) is 11.0. The van der Waals surface area contributed by atoms with Gasteiger partial charge in [-0.2, -0.15) is 0 Å². The van der Waals surface area contributed by atoms with Gasteiger partial charge in [0.1, 0.15) is 11.5 Å². The highest BCUT2D eigenvalue weighted by molar-refractivity contribution is 5.99. The van der Waals surface area contributed by atoms with Crippen LogP contribution in [0.1, 0.15) is 79.1 Å². The summed E-state index contributed by atoms with van der Waals surface area (Å²) in [4.78, 5) is 43.0. The highest BCUT2D eigenvalue weighted by atomic mass is 16.6. The third-order valence-corrected chi connectivity index (χ3v) is 12.4. The maximum absolute atomic E-state index is 14.0. The summed E-state index contributed by atoms with van der Waals surface area (Å²) < 4.78 is 13.3. The summed E-state index contributed by atoms with van der Waals surface area (Å²) in [6.45, 7) is 9.50. The molecule has 0 aromatic carbocycles. The lowest BCUT2D eigenvalue weighted by Crippen LogP contribution is -2.82. The molecule has 4 aliphatic heterocycles. The average molecular weight is 498 g/mol. The van der Waals surface area contributed by atoms with Crippen LogP contribution in [0.15, 0.2) is 11.6 Å². The number of aliphatic hydroxyl groups excluding tert-OH is 1. The van der Waals surface area contributed by atoms with Crippen LogP contribution in [0.4, 0.5) is 0 Å². The van der Waals surface area contributed by atoms with Gasteiger partial charge < -0.3 is 14.6 Å². The first-order chi connectivity index (χ1) is 16.9.